The average molecular weight is 507 g/mol. The molecule has 29 heavy (non-hydrogen) atoms. The van der Waals surface area contributed by atoms with E-state index >= 15 is 0 Å². The number of aryl methyl sites for hydroxylation is 1. The molecule has 0 radical (unpaired) electrons. The van der Waals surface area contributed by atoms with Crippen LogP contribution in [-0.4, -0.2) is 47.6 Å². The van der Waals surface area contributed by atoms with Gasteiger partial charge in [0.1, 0.15) is 18.9 Å². The molecule has 1 N–H and O–H groups in total. The van der Waals surface area contributed by atoms with Crippen LogP contribution in [0.5, 0.6) is 11.5 Å². The third-order valence-corrected chi connectivity index (χ3v) is 4.77. The molecule has 3 aromatic rings. The lowest BCUT2D eigenvalue weighted by atomic mass is 10.2. The Bertz CT molecular complexity index is 1020. The Morgan fingerprint density at radius 2 is 2.00 bits per heavy atom. The minimum Gasteiger partial charge on any atom is -0.486 e. The fraction of sp³-hybridized carbons (Fsp3) is 0.333. The van der Waals surface area contributed by atoms with Gasteiger partial charge in [-0.15, -0.1) is 24.0 Å². The minimum absolute atomic E-state index is 0. The molecule has 0 atom stereocenters. The minimum atomic E-state index is 0. The number of hydrogen-bond acceptors (Lipinski definition) is 4. The number of benzene rings is 1. The van der Waals surface area contributed by atoms with E-state index in [1.807, 2.05) is 31.3 Å². The maximum absolute atomic E-state index is 5.68. The normalized spacial score (nSPS) is 13.1. The number of rotatable bonds is 4. The molecular formula is C21H26IN5O2. The van der Waals surface area contributed by atoms with Crippen molar-refractivity contribution in [2.24, 2.45) is 4.99 Å². The largest absolute Gasteiger partial charge is 0.486 e. The number of pyridine rings is 1. The van der Waals surface area contributed by atoms with Crippen molar-refractivity contribution in [1.82, 2.24) is 19.6 Å². The molecule has 0 saturated carbocycles. The van der Waals surface area contributed by atoms with Gasteiger partial charge >= 0.3 is 0 Å². The van der Waals surface area contributed by atoms with Crippen molar-refractivity contribution in [3.8, 4) is 11.5 Å². The van der Waals surface area contributed by atoms with Gasteiger partial charge in [-0.05, 0) is 36.8 Å². The van der Waals surface area contributed by atoms with Crippen LogP contribution in [0.25, 0.3) is 5.65 Å². The highest BCUT2D eigenvalue weighted by molar-refractivity contribution is 14.0. The highest BCUT2D eigenvalue weighted by atomic mass is 127. The molecule has 1 aliphatic heterocycles. The second kappa shape index (κ2) is 9.34. The predicted octanol–water partition coefficient (Wildman–Crippen LogP) is 3.24. The summed E-state index contributed by atoms with van der Waals surface area (Å²) in [6, 6.07) is 12.2. The topological polar surface area (TPSA) is 63.4 Å². The molecule has 8 heteroatoms. The molecule has 0 amide bonds. The smallest absolute Gasteiger partial charge is 0.194 e. The van der Waals surface area contributed by atoms with Gasteiger partial charge < -0.3 is 24.1 Å². The van der Waals surface area contributed by atoms with Gasteiger partial charge in [-0.2, -0.15) is 0 Å². The van der Waals surface area contributed by atoms with E-state index < -0.39 is 0 Å². The molecule has 7 nitrogen and oxygen atoms in total. The van der Waals surface area contributed by atoms with Crippen LogP contribution in [0.1, 0.15) is 17.0 Å². The molecule has 0 bridgehead atoms. The zero-order chi connectivity index (χ0) is 19.5. The Morgan fingerprint density at radius 3 is 2.76 bits per heavy atom. The summed E-state index contributed by atoms with van der Waals surface area (Å²) in [6.07, 6.45) is 2.06. The molecule has 154 valence electrons. The zero-order valence-corrected chi connectivity index (χ0v) is 19.2. The predicted molar refractivity (Wildman–Crippen MR) is 124 cm³/mol. The molecule has 0 aliphatic carbocycles. The van der Waals surface area contributed by atoms with Crippen molar-refractivity contribution in [1.29, 1.82) is 0 Å². The van der Waals surface area contributed by atoms with E-state index in [1.165, 1.54) is 0 Å². The average Bonchev–Trinajstić information content (AvgIpc) is 3.13. The lowest BCUT2D eigenvalue weighted by molar-refractivity contribution is 0.171. The quantitative estimate of drug-likeness (QED) is 0.334. The highest BCUT2D eigenvalue weighted by Crippen LogP contribution is 2.31. The summed E-state index contributed by atoms with van der Waals surface area (Å²) in [5, 5.41) is 3.39. The van der Waals surface area contributed by atoms with Gasteiger partial charge in [0, 0.05) is 32.5 Å². The fourth-order valence-corrected chi connectivity index (χ4v) is 3.37. The summed E-state index contributed by atoms with van der Waals surface area (Å²) >= 11 is 0. The summed E-state index contributed by atoms with van der Waals surface area (Å²) in [4.78, 5) is 11.1. The summed E-state index contributed by atoms with van der Waals surface area (Å²) in [5.41, 5.74) is 4.23. The lowest BCUT2D eigenvalue weighted by Crippen LogP contribution is -2.38. The number of guanidine groups is 1. The zero-order valence-electron chi connectivity index (χ0n) is 16.9. The second-order valence-electron chi connectivity index (χ2n) is 6.86. The third-order valence-electron chi connectivity index (χ3n) is 4.77. The molecule has 0 fully saturated rings. The molecule has 0 saturated heterocycles. The third kappa shape index (κ3) is 4.75. The lowest BCUT2D eigenvalue weighted by Gasteiger charge is -2.23. The van der Waals surface area contributed by atoms with Gasteiger partial charge in [0.05, 0.1) is 12.2 Å². The van der Waals surface area contributed by atoms with Gasteiger partial charge in [0.25, 0.3) is 0 Å². The van der Waals surface area contributed by atoms with Crippen LogP contribution < -0.4 is 14.8 Å². The number of nitrogens with one attached hydrogen (secondary N) is 1. The Labute approximate surface area is 187 Å². The number of hydrogen-bond donors (Lipinski definition) is 1. The Balaban J connectivity index is 0.00000240. The number of aliphatic imine (C=N–C) groups is 1. The van der Waals surface area contributed by atoms with Crippen molar-refractivity contribution >= 4 is 35.6 Å². The number of aromatic nitrogens is 2. The van der Waals surface area contributed by atoms with Crippen LogP contribution in [0, 0.1) is 6.92 Å². The van der Waals surface area contributed by atoms with Crippen molar-refractivity contribution < 1.29 is 9.47 Å². The summed E-state index contributed by atoms with van der Waals surface area (Å²) < 4.78 is 13.4. The van der Waals surface area contributed by atoms with Crippen LogP contribution in [-0.2, 0) is 13.1 Å². The standard InChI is InChI=1S/C21H25N5O2.HI/c1-15-5-4-6-20-24-17(14-26(15)20)12-23-21(22-2)25(3)13-16-7-8-18-19(11-16)28-10-9-27-18;/h4-8,11,14H,9-10,12-13H2,1-3H3,(H,22,23);1H. The van der Waals surface area contributed by atoms with Crippen LogP contribution in [0.15, 0.2) is 47.6 Å². The van der Waals surface area contributed by atoms with Crippen LogP contribution in [0.2, 0.25) is 0 Å². The fourth-order valence-electron chi connectivity index (χ4n) is 3.37. The first-order chi connectivity index (χ1) is 13.6. The van der Waals surface area contributed by atoms with E-state index in [-0.39, 0.29) is 24.0 Å². The van der Waals surface area contributed by atoms with E-state index in [4.69, 9.17) is 9.47 Å². The first-order valence-corrected chi connectivity index (χ1v) is 9.38. The van der Waals surface area contributed by atoms with Crippen LogP contribution in [0.3, 0.4) is 0 Å². The molecule has 0 spiro atoms. The van der Waals surface area contributed by atoms with Crippen molar-refractivity contribution in [2.75, 3.05) is 27.3 Å². The summed E-state index contributed by atoms with van der Waals surface area (Å²) in [6.45, 7) is 4.59. The van der Waals surface area contributed by atoms with E-state index in [1.54, 1.807) is 7.05 Å². The van der Waals surface area contributed by atoms with Crippen LogP contribution >= 0.6 is 24.0 Å². The summed E-state index contributed by atoms with van der Waals surface area (Å²) in [5.74, 6) is 2.42. The Kier molecular flexibility index (Phi) is 6.83. The molecule has 0 unspecified atom stereocenters. The number of imidazole rings is 1. The van der Waals surface area contributed by atoms with Gasteiger partial charge in [-0.1, -0.05) is 12.1 Å². The van der Waals surface area contributed by atoms with Gasteiger partial charge in [0.15, 0.2) is 17.5 Å². The Morgan fingerprint density at radius 1 is 1.21 bits per heavy atom. The van der Waals surface area contributed by atoms with Crippen LogP contribution in [0.4, 0.5) is 0 Å². The number of fused-ring (bicyclic) bond motifs is 2. The molecule has 1 aromatic carbocycles. The molecule has 4 rings (SSSR count). The van der Waals surface area contributed by atoms with Gasteiger partial charge in [0.2, 0.25) is 0 Å². The van der Waals surface area contributed by atoms with E-state index in [9.17, 15) is 0 Å². The van der Waals surface area contributed by atoms with Crippen molar-refractivity contribution in [3.05, 3.63) is 59.5 Å². The van der Waals surface area contributed by atoms with Gasteiger partial charge in [-0.3, -0.25) is 4.99 Å². The number of halogens is 1. The van der Waals surface area contributed by atoms with E-state index in [2.05, 4.69) is 49.8 Å². The van der Waals surface area contributed by atoms with E-state index in [0.29, 0.717) is 26.3 Å². The SMILES string of the molecule is CN=C(NCc1cn2c(C)cccc2n1)N(C)Cc1ccc2c(c1)OCCO2.I. The van der Waals surface area contributed by atoms with Crippen molar-refractivity contribution in [2.45, 2.75) is 20.0 Å². The molecule has 2 aromatic heterocycles. The van der Waals surface area contributed by atoms with E-state index in [0.717, 1.165) is 40.1 Å². The Hall–Kier alpha value is -2.49. The second-order valence-corrected chi connectivity index (χ2v) is 6.86. The summed E-state index contributed by atoms with van der Waals surface area (Å²) in [7, 11) is 3.80. The molecular weight excluding hydrogens is 481 g/mol. The maximum Gasteiger partial charge on any atom is 0.194 e. The number of ether oxygens (including phenoxy) is 2. The monoisotopic (exact) mass is 507 g/mol. The molecule has 3 heterocycles. The maximum atomic E-state index is 5.68. The number of nitrogens with zero attached hydrogens (tertiary/aromatic N) is 4. The highest BCUT2D eigenvalue weighted by Gasteiger charge is 2.14. The van der Waals surface area contributed by atoms with Crippen molar-refractivity contribution in [3.63, 3.8) is 0 Å². The first-order valence-electron chi connectivity index (χ1n) is 9.38. The first kappa shape index (κ1) is 21.2. The molecule has 1 aliphatic rings. The van der Waals surface area contributed by atoms with Gasteiger partial charge in [-0.25, -0.2) is 4.98 Å².